The van der Waals surface area contributed by atoms with Crippen LogP contribution in [0.3, 0.4) is 0 Å². The fourth-order valence-electron chi connectivity index (χ4n) is 4.25. The number of rotatable bonds is 5. The molecule has 2 amide bonds. The van der Waals surface area contributed by atoms with Crippen LogP contribution in [0.15, 0.2) is 54.9 Å². The average molecular weight is 474 g/mol. The van der Waals surface area contributed by atoms with E-state index in [9.17, 15) is 14.7 Å². The second-order valence-electron chi connectivity index (χ2n) is 9.17. The quantitative estimate of drug-likeness (QED) is 0.584. The van der Waals surface area contributed by atoms with Crippen molar-refractivity contribution in [1.82, 2.24) is 9.97 Å². The summed E-state index contributed by atoms with van der Waals surface area (Å²) < 4.78 is 5.58. The summed E-state index contributed by atoms with van der Waals surface area (Å²) in [5.74, 6) is 0.725. The van der Waals surface area contributed by atoms with Gasteiger partial charge in [0.1, 0.15) is 23.7 Å². The van der Waals surface area contributed by atoms with Gasteiger partial charge in [-0.05, 0) is 56.2 Å². The minimum Gasteiger partial charge on any atom is -0.474 e. The summed E-state index contributed by atoms with van der Waals surface area (Å²) >= 11 is 0. The third kappa shape index (κ3) is 4.67. The third-order valence-corrected chi connectivity index (χ3v) is 6.07. The number of hydrogen-bond donors (Lipinski definition) is 2. The highest BCUT2D eigenvalue weighted by molar-refractivity contribution is 6.00. The highest BCUT2D eigenvalue weighted by atomic mass is 16.5. The summed E-state index contributed by atoms with van der Waals surface area (Å²) in [6.45, 7) is 4.34. The van der Waals surface area contributed by atoms with Crippen LogP contribution in [0.2, 0.25) is 0 Å². The number of nitrogens with one attached hydrogen (secondary N) is 1. The van der Waals surface area contributed by atoms with E-state index in [1.54, 1.807) is 18.5 Å². The normalized spacial score (nSPS) is 15.6. The van der Waals surface area contributed by atoms with Crippen molar-refractivity contribution >= 4 is 34.7 Å². The van der Waals surface area contributed by atoms with Crippen molar-refractivity contribution in [3.05, 3.63) is 54.9 Å². The predicted molar refractivity (Wildman–Crippen MR) is 133 cm³/mol. The van der Waals surface area contributed by atoms with Crippen molar-refractivity contribution in [2.75, 3.05) is 34.8 Å². The lowest BCUT2D eigenvalue weighted by atomic mass is 10.1. The molecule has 2 aliphatic heterocycles. The molecule has 9 heteroatoms. The Kier molecular flexibility index (Phi) is 5.86. The molecule has 9 nitrogen and oxygen atoms in total. The Labute approximate surface area is 203 Å². The van der Waals surface area contributed by atoms with Gasteiger partial charge in [0, 0.05) is 30.4 Å². The van der Waals surface area contributed by atoms with Crippen molar-refractivity contribution in [2.45, 2.75) is 32.3 Å². The first-order chi connectivity index (χ1) is 16.8. The first-order valence-corrected chi connectivity index (χ1v) is 11.6. The van der Waals surface area contributed by atoms with Gasteiger partial charge < -0.3 is 25.0 Å². The van der Waals surface area contributed by atoms with Gasteiger partial charge in [-0.15, -0.1) is 0 Å². The molecule has 0 spiro atoms. The van der Waals surface area contributed by atoms with Gasteiger partial charge >= 0.3 is 0 Å². The molecule has 1 saturated heterocycles. The average Bonchev–Trinajstić information content (AvgIpc) is 3.29. The number of pyridine rings is 2. The first-order valence-electron chi connectivity index (χ1n) is 11.6. The van der Waals surface area contributed by atoms with Gasteiger partial charge in [0.25, 0.3) is 5.91 Å². The number of carbonyl (C=O) groups is 2. The summed E-state index contributed by atoms with van der Waals surface area (Å²) in [5, 5.41) is 13.4. The molecule has 4 heterocycles. The van der Waals surface area contributed by atoms with Crippen LogP contribution in [0.25, 0.3) is 11.1 Å². The molecule has 5 rings (SSSR count). The van der Waals surface area contributed by atoms with E-state index >= 15 is 0 Å². The second-order valence-corrected chi connectivity index (χ2v) is 9.17. The van der Waals surface area contributed by atoms with Crippen LogP contribution in [0.5, 0.6) is 5.88 Å². The van der Waals surface area contributed by atoms with Gasteiger partial charge in [-0.3, -0.25) is 9.59 Å². The van der Waals surface area contributed by atoms with Gasteiger partial charge in [-0.25, -0.2) is 9.97 Å². The molecule has 0 radical (unpaired) electrons. The largest absolute Gasteiger partial charge is 0.474 e. The highest BCUT2D eigenvalue weighted by Crippen LogP contribution is 2.34. The van der Waals surface area contributed by atoms with Crippen LogP contribution in [0.4, 0.5) is 22.9 Å². The van der Waals surface area contributed by atoms with E-state index in [-0.39, 0.29) is 5.91 Å². The van der Waals surface area contributed by atoms with Crippen molar-refractivity contribution in [3.8, 4) is 17.0 Å². The van der Waals surface area contributed by atoms with Gasteiger partial charge in [0.15, 0.2) is 0 Å². The molecule has 1 aromatic carbocycles. The Morgan fingerprint density at radius 3 is 2.49 bits per heavy atom. The van der Waals surface area contributed by atoms with Crippen LogP contribution >= 0.6 is 0 Å². The SMILES string of the molecule is CC(C)(O)C(=O)N1CCOc2ncc(Nc3ccc(-c4ccc(N5CCCC5=O)cc4)cn3)cc21. The van der Waals surface area contributed by atoms with Crippen LogP contribution in [0, 0.1) is 0 Å². The molecular weight excluding hydrogens is 446 g/mol. The number of ether oxygens (including phenoxy) is 1. The number of benzene rings is 1. The van der Waals surface area contributed by atoms with Gasteiger partial charge in [-0.2, -0.15) is 0 Å². The smallest absolute Gasteiger partial charge is 0.258 e. The number of anilines is 4. The zero-order valence-corrected chi connectivity index (χ0v) is 19.7. The fourth-order valence-corrected chi connectivity index (χ4v) is 4.25. The topological polar surface area (TPSA) is 108 Å². The summed E-state index contributed by atoms with van der Waals surface area (Å²) in [7, 11) is 0. The van der Waals surface area contributed by atoms with Crippen molar-refractivity contribution < 1.29 is 19.4 Å². The minimum absolute atomic E-state index is 0.172. The van der Waals surface area contributed by atoms with E-state index in [4.69, 9.17) is 4.74 Å². The monoisotopic (exact) mass is 473 g/mol. The molecule has 2 aliphatic rings. The second kappa shape index (κ2) is 8.99. The molecule has 2 N–H and O–H groups in total. The van der Waals surface area contributed by atoms with E-state index in [0.29, 0.717) is 42.6 Å². The number of aliphatic hydroxyl groups is 1. The maximum Gasteiger partial charge on any atom is 0.258 e. The summed E-state index contributed by atoms with van der Waals surface area (Å²) in [5.41, 5.74) is 2.52. The van der Waals surface area contributed by atoms with Crippen LogP contribution in [0.1, 0.15) is 26.7 Å². The number of hydrogen-bond acceptors (Lipinski definition) is 7. The molecule has 0 saturated carbocycles. The Hall–Kier alpha value is -3.98. The van der Waals surface area contributed by atoms with Crippen LogP contribution in [-0.2, 0) is 9.59 Å². The minimum atomic E-state index is -1.50. The maximum atomic E-state index is 12.7. The molecule has 180 valence electrons. The Balaban J connectivity index is 1.31. The Morgan fingerprint density at radius 2 is 1.83 bits per heavy atom. The molecular formula is C26H27N5O4. The van der Waals surface area contributed by atoms with Crippen LogP contribution < -0.4 is 19.9 Å². The Bertz CT molecular complexity index is 1250. The number of fused-ring (bicyclic) bond motifs is 1. The number of amides is 2. The number of nitrogens with zero attached hydrogens (tertiary/aromatic N) is 4. The zero-order chi connectivity index (χ0) is 24.6. The zero-order valence-electron chi connectivity index (χ0n) is 19.7. The molecule has 3 aromatic rings. The lowest BCUT2D eigenvalue weighted by molar-refractivity contribution is -0.133. The van der Waals surface area contributed by atoms with Crippen molar-refractivity contribution in [2.24, 2.45) is 0 Å². The molecule has 35 heavy (non-hydrogen) atoms. The van der Waals surface area contributed by atoms with Crippen molar-refractivity contribution in [1.29, 1.82) is 0 Å². The highest BCUT2D eigenvalue weighted by Gasteiger charge is 2.34. The van der Waals surface area contributed by atoms with Gasteiger partial charge in [0.2, 0.25) is 11.8 Å². The molecule has 0 atom stereocenters. The summed E-state index contributed by atoms with van der Waals surface area (Å²) in [6.07, 6.45) is 4.91. The standard InChI is InChI=1S/C26H27N5O4/c1-26(2,34)25(33)31-12-13-35-24-21(31)14-19(16-28-24)29-22-10-7-18(15-27-22)17-5-8-20(9-6-17)30-11-3-4-23(30)32/h5-10,14-16,34H,3-4,11-13H2,1-2H3,(H,27,29). The van der Waals surface area contributed by atoms with E-state index in [1.807, 2.05) is 41.3 Å². The molecule has 2 aromatic heterocycles. The molecule has 0 aliphatic carbocycles. The van der Waals surface area contributed by atoms with E-state index in [2.05, 4.69) is 15.3 Å². The molecule has 0 unspecified atom stereocenters. The van der Waals surface area contributed by atoms with E-state index in [1.165, 1.54) is 18.7 Å². The molecule has 0 bridgehead atoms. The number of aromatic nitrogens is 2. The van der Waals surface area contributed by atoms with E-state index < -0.39 is 11.5 Å². The third-order valence-electron chi connectivity index (χ3n) is 6.07. The first kappa shape index (κ1) is 22.8. The summed E-state index contributed by atoms with van der Waals surface area (Å²) in [4.78, 5) is 36.8. The van der Waals surface area contributed by atoms with Crippen LogP contribution in [-0.4, -0.2) is 52.2 Å². The predicted octanol–water partition coefficient (Wildman–Crippen LogP) is 3.51. The lowest BCUT2D eigenvalue weighted by Gasteiger charge is -2.32. The number of carbonyl (C=O) groups excluding carboxylic acids is 2. The fraction of sp³-hybridized carbons (Fsp3) is 0.308. The summed E-state index contributed by atoms with van der Waals surface area (Å²) in [6, 6.07) is 13.5. The van der Waals surface area contributed by atoms with Crippen molar-refractivity contribution in [3.63, 3.8) is 0 Å². The van der Waals surface area contributed by atoms with Gasteiger partial charge in [-0.1, -0.05) is 12.1 Å². The molecule has 1 fully saturated rings. The Morgan fingerprint density at radius 1 is 1.06 bits per heavy atom. The van der Waals surface area contributed by atoms with Gasteiger partial charge in [0.05, 0.1) is 18.4 Å². The lowest BCUT2D eigenvalue weighted by Crippen LogP contribution is -2.48. The van der Waals surface area contributed by atoms with E-state index in [0.717, 1.165) is 29.8 Å². The maximum absolute atomic E-state index is 12.7.